The van der Waals surface area contributed by atoms with Crippen LogP contribution < -0.4 is 14.2 Å². The molecule has 57 heavy (non-hydrogen) atoms. The summed E-state index contributed by atoms with van der Waals surface area (Å²) in [6, 6.07) is 4.41. The third-order valence-electron chi connectivity index (χ3n) is 12.3. The van der Waals surface area contributed by atoms with Crippen molar-refractivity contribution in [2.24, 2.45) is 23.2 Å². The molecule has 2 saturated carbocycles. The molecule has 1 aromatic carbocycles. The second kappa shape index (κ2) is 16.0. The van der Waals surface area contributed by atoms with Crippen molar-refractivity contribution in [2.75, 3.05) is 20.8 Å². The first-order chi connectivity index (χ1) is 27.1. The maximum absolute atomic E-state index is 14.5. The lowest BCUT2D eigenvalue weighted by Gasteiger charge is -2.40. The normalized spacial score (nSPS) is 26.0. The number of sulfonamides is 1. The quantitative estimate of drug-likeness (QED) is 0.120. The number of Topliss-reactive ketones (excluding diaryl/α,β-unsaturated/α-hetero) is 1. The number of methoxy groups -OCH3 is 2. The number of nitrogens with one attached hydrogen (secondary N) is 1. The predicted octanol–water partition coefficient (Wildman–Crippen LogP) is 6.33. The average molecular weight is 823 g/mol. The van der Waals surface area contributed by atoms with Gasteiger partial charge in [-0.3, -0.25) is 19.1 Å². The molecule has 0 spiro atoms. The van der Waals surface area contributed by atoms with Crippen molar-refractivity contribution in [1.29, 1.82) is 0 Å². The Kier molecular flexibility index (Phi) is 11.6. The van der Waals surface area contributed by atoms with Crippen LogP contribution in [0.1, 0.15) is 89.8 Å². The van der Waals surface area contributed by atoms with Gasteiger partial charge in [-0.05, 0) is 68.9 Å². The zero-order valence-electron chi connectivity index (χ0n) is 33.8. The molecule has 4 heterocycles. The van der Waals surface area contributed by atoms with Gasteiger partial charge in [0.05, 0.1) is 34.0 Å². The highest BCUT2D eigenvalue weighted by molar-refractivity contribution is 7.90. The molecule has 2 saturated heterocycles. The number of hydrogen-bond acceptors (Lipinski definition) is 12. The lowest BCUT2D eigenvalue weighted by Crippen LogP contribution is -2.54. The molecule has 308 valence electrons. The number of piperidine rings is 1. The number of carbonyl (C=O) groups excluding carboxylic acids is 3. The van der Waals surface area contributed by atoms with Crippen molar-refractivity contribution in [3.05, 3.63) is 47.5 Å². The number of carbonyl (C=O) groups is 3. The molecule has 0 bridgehead atoms. The summed E-state index contributed by atoms with van der Waals surface area (Å²) in [4.78, 5) is 54.2. The number of benzene rings is 1. The van der Waals surface area contributed by atoms with Crippen LogP contribution in [0.2, 0.25) is 0 Å². The van der Waals surface area contributed by atoms with Crippen LogP contribution in [0.25, 0.3) is 21.6 Å². The van der Waals surface area contributed by atoms with Crippen LogP contribution in [0.3, 0.4) is 0 Å². The zero-order chi connectivity index (χ0) is 41.0. The van der Waals surface area contributed by atoms with Gasteiger partial charge in [-0.2, -0.15) is 0 Å². The van der Waals surface area contributed by atoms with Crippen molar-refractivity contribution >= 4 is 49.9 Å². The minimum atomic E-state index is -3.82. The highest BCUT2D eigenvalue weighted by atomic mass is 32.2. The van der Waals surface area contributed by atoms with Crippen molar-refractivity contribution in [3.8, 4) is 22.2 Å². The van der Waals surface area contributed by atoms with Gasteiger partial charge in [-0.25, -0.2) is 18.4 Å². The van der Waals surface area contributed by atoms with Gasteiger partial charge in [0.2, 0.25) is 21.8 Å². The Bertz CT molecular complexity index is 2160. The van der Waals surface area contributed by atoms with E-state index in [4.69, 9.17) is 28.9 Å². The number of rotatable bonds is 17. The number of amides is 2. The lowest BCUT2D eigenvalue weighted by molar-refractivity contribution is -0.149. The molecule has 4 fully saturated rings. The van der Waals surface area contributed by atoms with E-state index in [2.05, 4.69) is 25.1 Å². The first kappa shape index (κ1) is 41.2. The summed E-state index contributed by atoms with van der Waals surface area (Å²) in [6.07, 6.45) is 3.16. The Morgan fingerprint density at radius 3 is 2.44 bits per heavy atom. The summed E-state index contributed by atoms with van der Waals surface area (Å²) in [6.45, 7) is 14.2. The van der Waals surface area contributed by atoms with E-state index in [1.807, 2.05) is 44.4 Å². The van der Waals surface area contributed by atoms with Gasteiger partial charge in [0, 0.05) is 55.4 Å². The molecule has 6 atom stereocenters. The topological polar surface area (TPSA) is 163 Å². The van der Waals surface area contributed by atoms with Crippen LogP contribution in [-0.2, 0) is 33.9 Å². The fourth-order valence-corrected chi connectivity index (χ4v) is 10.8. The van der Waals surface area contributed by atoms with Crippen molar-refractivity contribution in [1.82, 2.24) is 19.6 Å². The monoisotopic (exact) mass is 822 g/mol. The van der Waals surface area contributed by atoms with Crippen LogP contribution in [0, 0.1) is 30.1 Å². The van der Waals surface area contributed by atoms with Gasteiger partial charge < -0.3 is 23.8 Å². The number of hydrogen-bond donors (Lipinski definition) is 1. The number of thiazole rings is 1. The van der Waals surface area contributed by atoms with Gasteiger partial charge in [0.25, 0.3) is 0 Å². The molecule has 2 aliphatic heterocycles. The number of aromatic nitrogens is 2. The van der Waals surface area contributed by atoms with Gasteiger partial charge in [-0.1, -0.05) is 33.8 Å². The second-order valence-corrected chi connectivity index (χ2v) is 19.5. The fourth-order valence-electron chi connectivity index (χ4n) is 8.51. The summed E-state index contributed by atoms with van der Waals surface area (Å²) in [7, 11) is -0.722. The molecule has 7 rings (SSSR count). The highest BCUT2D eigenvalue weighted by Gasteiger charge is 2.62. The van der Waals surface area contributed by atoms with E-state index in [-0.39, 0.29) is 54.8 Å². The van der Waals surface area contributed by atoms with E-state index in [1.165, 1.54) is 11.3 Å². The third kappa shape index (κ3) is 7.96. The Morgan fingerprint density at radius 2 is 1.82 bits per heavy atom. The molecule has 2 aromatic heterocycles. The molecule has 3 aromatic rings. The Labute approximate surface area is 338 Å². The van der Waals surface area contributed by atoms with Gasteiger partial charge in [0.1, 0.15) is 34.9 Å². The SMILES string of the molecule is C=C[C@@H]1C[C@]1(CC(=O)[C@@H]1C[C@@H](Oc2cc(-c3nc(C(C)C)cs3)nc3c(C)c(OCC(OC)OC)ccc23)[C@H]2CCC(C(C)C)C(=O)N21)C(=O)NS(=O)(=O)C1CC1. The highest BCUT2D eigenvalue weighted by Crippen LogP contribution is 2.57. The van der Waals surface area contributed by atoms with Crippen molar-refractivity contribution < 1.29 is 41.7 Å². The van der Waals surface area contributed by atoms with Gasteiger partial charge in [-0.15, -0.1) is 17.9 Å². The maximum Gasteiger partial charge on any atom is 0.240 e. The molecule has 2 amide bonds. The number of allylic oxidation sites excluding steroid dienone is 1. The van der Waals surface area contributed by atoms with Crippen LogP contribution in [0.15, 0.2) is 36.2 Å². The van der Waals surface area contributed by atoms with E-state index >= 15 is 0 Å². The molecular formula is C42H54N4O9S2. The zero-order valence-corrected chi connectivity index (χ0v) is 35.4. The summed E-state index contributed by atoms with van der Waals surface area (Å²) >= 11 is 1.50. The van der Waals surface area contributed by atoms with E-state index < -0.39 is 51.1 Å². The standard InChI is InChI=1S/C42H54N4O9S2/c1-9-25-18-42(25,41(49)45-57(50,51)26-10-11-26)19-33(47)32-17-36(31-14-12-27(22(2)3)40(48)46(31)32)55-35-16-29(39-44-30(21-56-39)23(4)5)43-38-24(6)34(15-13-28(35)38)54-20-37(52-7)53-8/h9,13,15-16,21-23,25-27,31-32,36-37H,1,10-12,14,17-20H2,2-8H3,(H,45,49)/t25-,27?,31-,32+,36-,42-/m1/s1. The number of nitrogens with zero attached hydrogens (tertiary/aromatic N) is 3. The first-order valence-corrected chi connectivity index (χ1v) is 22.3. The second-order valence-electron chi connectivity index (χ2n) is 16.7. The summed E-state index contributed by atoms with van der Waals surface area (Å²) < 4.78 is 51.6. The van der Waals surface area contributed by atoms with E-state index in [9.17, 15) is 22.8 Å². The number of pyridine rings is 1. The first-order valence-electron chi connectivity index (χ1n) is 19.9. The van der Waals surface area contributed by atoms with Crippen LogP contribution in [0.5, 0.6) is 11.5 Å². The van der Waals surface area contributed by atoms with E-state index in [0.717, 1.165) is 21.7 Å². The third-order valence-corrected chi connectivity index (χ3v) is 15.0. The van der Waals surface area contributed by atoms with Crippen LogP contribution >= 0.6 is 11.3 Å². The largest absolute Gasteiger partial charge is 0.488 e. The summed E-state index contributed by atoms with van der Waals surface area (Å²) in [5, 5.41) is 2.92. The molecule has 4 aliphatic rings. The smallest absolute Gasteiger partial charge is 0.240 e. The van der Waals surface area contributed by atoms with Crippen LogP contribution in [0.4, 0.5) is 0 Å². The summed E-state index contributed by atoms with van der Waals surface area (Å²) in [5.41, 5.74) is 1.80. The number of aryl methyl sites for hydroxylation is 1. The molecular weight excluding hydrogens is 769 g/mol. The van der Waals surface area contributed by atoms with E-state index in [1.54, 1.807) is 25.2 Å². The average Bonchev–Trinajstić information content (AvgIpc) is 4.07. The van der Waals surface area contributed by atoms with E-state index in [0.29, 0.717) is 54.8 Å². The lowest BCUT2D eigenvalue weighted by atomic mass is 9.84. The van der Waals surface area contributed by atoms with Gasteiger partial charge in [0.15, 0.2) is 12.1 Å². The fraction of sp³-hybridized carbons (Fsp3) is 0.595. The number of fused-ring (bicyclic) bond motifs is 2. The Morgan fingerprint density at radius 1 is 1.09 bits per heavy atom. The van der Waals surface area contributed by atoms with Crippen LogP contribution in [-0.4, -0.2) is 91.4 Å². The predicted molar refractivity (Wildman–Crippen MR) is 216 cm³/mol. The van der Waals surface area contributed by atoms with Gasteiger partial charge >= 0.3 is 0 Å². The minimum Gasteiger partial charge on any atom is -0.488 e. The number of ether oxygens (including phenoxy) is 4. The summed E-state index contributed by atoms with van der Waals surface area (Å²) in [5.74, 6) is -0.208. The molecule has 13 nitrogen and oxygen atoms in total. The minimum absolute atomic E-state index is 0.0654. The molecule has 1 unspecified atom stereocenters. The maximum atomic E-state index is 14.5. The molecule has 1 N–H and O–H groups in total. The molecule has 15 heteroatoms. The van der Waals surface area contributed by atoms with Crippen molar-refractivity contribution in [2.45, 2.75) is 115 Å². The molecule has 2 aliphatic carbocycles. The Hall–Kier alpha value is -3.92. The Balaban J connectivity index is 1.23. The molecule has 0 radical (unpaired) electrons. The van der Waals surface area contributed by atoms with Crippen molar-refractivity contribution in [3.63, 3.8) is 0 Å². The number of ketones is 1.